The van der Waals surface area contributed by atoms with Gasteiger partial charge in [0.2, 0.25) is 0 Å². The van der Waals surface area contributed by atoms with Gasteiger partial charge in [0, 0.05) is 11.4 Å². The quantitative estimate of drug-likeness (QED) is 0.492. The second-order valence-corrected chi connectivity index (χ2v) is 6.05. The van der Waals surface area contributed by atoms with E-state index in [0.717, 1.165) is 27.8 Å². The molecule has 2 rings (SSSR count). The molecule has 0 aliphatic rings. The van der Waals surface area contributed by atoms with E-state index < -0.39 is 0 Å². The van der Waals surface area contributed by atoms with E-state index in [0.29, 0.717) is 0 Å². The summed E-state index contributed by atoms with van der Waals surface area (Å²) in [6, 6.07) is 5.55. The van der Waals surface area contributed by atoms with E-state index in [4.69, 9.17) is 10.2 Å². The van der Waals surface area contributed by atoms with Crippen LogP contribution in [0.3, 0.4) is 0 Å². The molecule has 0 fully saturated rings. The summed E-state index contributed by atoms with van der Waals surface area (Å²) >= 11 is 3.64. The number of rotatable bonds is 6. The molecule has 0 saturated heterocycles. The molecule has 0 saturated carbocycles. The van der Waals surface area contributed by atoms with Crippen LogP contribution in [0.5, 0.6) is 0 Å². The number of aromatic nitrogens is 1. The second kappa shape index (κ2) is 6.21. The standard InChI is InChI=1S/C12H16N2OS2/c1-2-16-6-3-7-17-12-14-10-8-9(13)4-5-11(10)15-12/h4-5,8H,2-3,6-7,13H2,1H3. The van der Waals surface area contributed by atoms with E-state index in [-0.39, 0.29) is 0 Å². The Morgan fingerprint density at radius 1 is 1.35 bits per heavy atom. The molecule has 1 aromatic carbocycles. The number of benzene rings is 1. The minimum atomic E-state index is 0.724. The van der Waals surface area contributed by atoms with Gasteiger partial charge in [-0.2, -0.15) is 11.8 Å². The molecule has 0 radical (unpaired) electrons. The Morgan fingerprint density at radius 3 is 3.06 bits per heavy atom. The van der Waals surface area contributed by atoms with Gasteiger partial charge in [-0.05, 0) is 36.1 Å². The fourth-order valence-electron chi connectivity index (χ4n) is 1.45. The van der Waals surface area contributed by atoms with Crippen LogP contribution in [-0.2, 0) is 0 Å². The fourth-order valence-corrected chi connectivity index (χ4v) is 3.04. The van der Waals surface area contributed by atoms with Gasteiger partial charge in [-0.1, -0.05) is 18.7 Å². The predicted octanol–water partition coefficient (Wildman–Crippen LogP) is 3.65. The van der Waals surface area contributed by atoms with Gasteiger partial charge in [0.1, 0.15) is 5.52 Å². The summed E-state index contributed by atoms with van der Waals surface area (Å²) in [5.74, 6) is 3.44. The number of nitrogen functional groups attached to an aromatic ring is 1. The number of nitrogens with two attached hydrogens (primary N) is 1. The second-order valence-electron chi connectivity index (χ2n) is 3.61. The Kier molecular flexibility index (Phi) is 4.62. The molecule has 3 nitrogen and oxygen atoms in total. The topological polar surface area (TPSA) is 52.0 Å². The van der Waals surface area contributed by atoms with Gasteiger partial charge < -0.3 is 10.2 Å². The Bertz CT molecular complexity index is 484. The van der Waals surface area contributed by atoms with Crippen LogP contribution < -0.4 is 5.73 Å². The summed E-state index contributed by atoms with van der Waals surface area (Å²) in [6.45, 7) is 2.18. The van der Waals surface area contributed by atoms with Crippen molar-refractivity contribution in [2.24, 2.45) is 0 Å². The molecule has 1 aromatic heterocycles. The van der Waals surface area contributed by atoms with Crippen molar-refractivity contribution < 1.29 is 4.42 Å². The van der Waals surface area contributed by atoms with Crippen molar-refractivity contribution in [1.29, 1.82) is 0 Å². The highest BCUT2D eigenvalue weighted by Crippen LogP contribution is 2.25. The molecule has 17 heavy (non-hydrogen) atoms. The monoisotopic (exact) mass is 268 g/mol. The first-order chi connectivity index (χ1) is 8.29. The third-order valence-corrected chi connectivity index (χ3v) is 4.15. The van der Waals surface area contributed by atoms with Crippen LogP contribution in [0.15, 0.2) is 27.8 Å². The third-order valence-electron chi connectivity index (χ3n) is 2.25. The number of nitrogens with zero attached hydrogens (tertiary/aromatic N) is 1. The number of thioether (sulfide) groups is 2. The lowest BCUT2D eigenvalue weighted by Gasteiger charge is -1.96. The maximum Gasteiger partial charge on any atom is 0.256 e. The Morgan fingerprint density at radius 2 is 2.24 bits per heavy atom. The van der Waals surface area contributed by atoms with E-state index in [1.54, 1.807) is 11.8 Å². The maximum atomic E-state index is 5.70. The Labute approximate surface area is 110 Å². The number of anilines is 1. The molecular weight excluding hydrogens is 252 g/mol. The highest BCUT2D eigenvalue weighted by molar-refractivity contribution is 8.00. The zero-order valence-electron chi connectivity index (χ0n) is 9.81. The first-order valence-electron chi connectivity index (χ1n) is 5.66. The number of oxazole rings is 1. The van der Waals surface area contributed by atoms with Crippen LogP contribution in [0.2, 0.25) is 0 Å². The van der Waals surface area contributed by atoms with Crippen molar-refractivity contribution in [2.75, 3.05) is 23.0 Å². The molecule has 0 bridgehead atoms. The van der Waals surface area contributed by atoms with Crippen molar-refractivity contribution in [3.05, 3.63) is 18.2 Å². The van der Waals surface area contributed by atoms with Crippen molar-refractivity contribution in [3.63, 3.8) is 0 Å². The number of hydrogen-bond acceptors (Lipinski definition) is 5. The Hall–Kier alpha value is -0.810. The first-order valence-corrected chi connectivity index (χ1v) is 7.80. The summed E-state index contributed by atoms with van der Waals surface area (Å²) in [4.78, 5) is 4.40. The molecule has 0 unspecified atom stereocenters. The summed E-state index contributed by atoms with van der Waals surface area (Å²) in [5.41, 5.74) is 8.07. The van der Waals surface area contributed by atoms with Crippen molar-refractivity contribution in [1.82, 2.24) is 4.98 Å². The first kappa shape index (κ1) is 12.6. The van der Waals surface area contributed by atoms with Crippen LogP contribution in [0, 0.1) is 0 Å². The van der Waals surface area contributed by atoms with Crippen molar-refractivity contribution >= 4 is 40.3 Å². The molecule has 0 aliphatic heterocycles. The van der Waals surface area contributed by atoms with E-state index in [1.807, 2.05) is 30.0 Å². The molecule has 0 amide bonds. The van der Waals surface area contributed by atoms with Gasteiger partial charge in [0.15, 0.2) is 5.58 Å². The lowest BCUT2D eigenvalue weighted by atomic mass is 10.3. The van der Waals surface area contributed by atoms with E-state index in [2.05, 4.69) is 11.9 Å². The van der Waals surface area contributed by atoms with E-state index in [1.165, 1.54) is 17.9 Å². The van der Waals surface area contributed by atoms with Crippen LogP contribution >= 0.6 is 23.5 Å². The van der Waals surface area contributed by atoms with Crippen molar-refractivity contribution in [2.45, 2.75) is 18.6 Å². The highest BCUT2D eigenvalue weighted by Gasteiger charge is 2.05. The van der Waals surface area contributed by atoms with Gasteiger partial charge in [0.25, 0.3) is 5.22 Å². The maximum absolute atomic E-state index is 5.70. The van der Waals surface area contributed by atoms with Crippen LogP contribution in [0.25, 0.3) is 11.1 Å². The van der Waals surface area contributed by atoms with Gasteiger partial charge >= 0.3 is 0 Å². The molecule has 1 heterocycles. The van der Waals surface area contributed by atoms with Crippen LogP contribution in [-0.4, -0.2) is 22.2 Å². The molecule has 0 atom stereocenters. The Balaban J connectivity index is 1.91. The predicted molar refractivity (Wildman–Crippen MR) is 76.8 cm³/mol. The minimum absolute atomic E-state index is 0.724. The fraction of sp³-hybridized carbons (Fsp3) is 0.417. The van der Waals surface area contributed by atoms with E-state index in [9.17, 15) is 0 Å². The smallest absolute Gasteiger partial charge is 0.256 e. The van der Waals surface area contributed by atoms with Crippen molar-refractivity contribution in [3.8, 4) is 0 Å². The number of fused-ring (bicyclic) bond motifs is 1. The molecule has 92 valence electrons. The molecule has 0 aliphatic carbocycles. The molecule has 2 N–H and O–H groups in total. The van der Waals surface area contributed by atoms with E-state index >= 15 is 0 Å². The molecule has 5 heteroatoms. The lowest BCUT2D eigenvalue weighted by molar-refractivity contribution is 0.489. The minimum Gasteiger partial charge on any atom is -0.431 e. The van der Waals surface area contributed by atoms with Crippen LogP contribution in [0.4, 0.5) is 5.69 Å². The van der Waals surface area contributed by atoms with Gasteiger partial charge in [0.05, 0.1) is 0 Å². The summed E-state index contributed by atoms with van der Waals surface area (Å²) in [7, 11) is 0. The zero-order chi connectivity index (χ0) is 12.1. The van der Waals surface area contributed by atoms with Gasteiger partial charge in [-0.15, -0.1) is 0 Å². The van der Waals surface area contributed by atoms with Gasteiger partial charge in [-0.3, -0.25) is 0 Å². The summed E-state index contributed by atoms with van der Waals surface area (Å²) in [6.07, 6.45) is 1.18. The summed E-state index contributed by atoms with van der Waals surface area (Å²) in [5, 5.41) is 0.743. The largest absolute Gasteiger partial charge is 0.431 e. The summed E-state index contributed by atoms with van der Waals surface area (Å²) < 4.78 is 5.62. The van der Waals surface area contributed by atoms with Crippen LogP contribution in [0.1, 0.15) is 13.3 Å². The van der Waals surface area contributed by atoms with Gasteiger partial charge in [-0.25, -0.2) is 4.98 Å². The normalized spacial score (nSPS) is 11.1. The average Bonchev–Trinajstić information content (AvgIpc) is 2.70. The molecule has 0 spiro atoms. The zero-order valence-corrected chi connectivity index (χ0v) is 11.4. The average molecular weight is 268 g/mol. The highest BCUT2D eigenvalue weighted by atomic mass is 32.2. The molecule has 2 aromatic rings. The SMILES string of the molecule is CCSCCCSc1nc2cc(N)ccc2o1. The molecular formula is C12H16N2OS2. The lowest BCUT2D eigenvalue weighted by Crippen LogP contribution is -1.84. The number of hydrogen-bond donors (Lipinski definition) is 1. The third kappa shape index (κ3) is 3.57.